The second-order valence-corrected chi connectivity index (χ2v) is 4.93. The van der Waals surface area contributed by atoms with E-state index in [0.717, 1.165) is 0 Å². The van der Waals surface area contributed by atoms with Crippen LogP contribution in [0, 0.1) is 5.92 Å². The summed E-state index contributed by atoms with van der Waals surface area (Å²) in [5.41, 5.74) is 4.76. The van der Waals surface area contributed by atoms with E-state index in [1.807, 2.05) is 0 Å². The van der Waals surface area contributed by atoms with E-state index >= 15 is 0 Å². The molecule has 94 valence electrons. The summed E-state index contributed by atoms with van der Waals surface area (Å²) < 4.78 is 10.1. The third-order valence-electron chi connectivity index (χ3n) is 3.13. The van der Waals surface area contributed by atoms with Gasteiger partial charge in [-0.05, 0) is 25.7 Å². The largest absolute Gasteiger partial charge is 0.468 e. The quantitative estimate of drug-likeness (QED) is 0.725. The number of carbonyl (C=O) groups excluding carboxylic acids is 1. The van der Waals surface area contributed by atoms with Gasteiger partial charge in [-0.25, -0.2) is 4.79 Å². The Labute approximate surface area is 97.5 Å². The molecule has 16 heavy (non-hydrogen) atoms. The lowest BCUT2D eigenvalue weighted by atomic mass is 9.90. The normalized spacial score (nSPS) is 21.4. The average molecular weight is 229 g/mol. The van der Waals surface area contributed by atoms with Crippen LogP contribution in [0.2, 0.25) is 0 Å². The minimum absolute atomic E-state index is 0.232. The van der Waals surface area contributed by atoms with Crippen LogP contribution in [-0.2, 0) is 14.3 Å². The molecule has 1 aliphatic carbocycles. The number of methoxy groups -OCH3 is 1. The van der Waals surface area contributed by atoms with Gasteiger partial charge in [0.05, 0.1) is 13.7 Å². The SMILES string of the molecule is COC(=O)C(C)(N)COCC1CCCCC1. The molecular formula is C12H23NO3. The van der Waals surface area contributed by atoms with Crippen LogP contribution in [0.25, 0.3) is 0 Å². The molecule has 0 heterocycles. The molecule has 2 N–H and O–H groups in total. The minimum Gasteiger partial charge on any atom is -0.468 e. The molecule has 0 saturated heterocycles. The number of esters is 1. The van der Waals surface area contributed by atoms with Gasteiger partial charge in [0.2, 0.25) is 0 Å². The highest BCUT2D eigenvalue weighted by Gasteiger charge is 2.30. The lowest BCUT2D eigenvalue weighted by Crippen LogP contribution is -2.50. The van der Waals surface area contributed by atoms with Crippen LogP contribution in [-0.4, -0.2) is 31.8 Å². The van der Waals surface area contributed by atoms with Crippen molar-refractivity contribution in [2.75, 3.05) is 20.3 Å². The van der Waals surface area contributed by atoms with Gasteiger partial charge in [0.25, 0.3) is 0 Å². The van der Waals surface area contributed by atoms with Crippen LogP contribution in [0.1, 0.15) is 39.0 Å². The Bertz CT molecular complexity index is 222. The topological polar surface area (TPSA) is 61.5 Å². The molecule has 4 heteroatoms. The Hall–Kier alpha value is -0.610. The van der Waals surface area contributed by atoms with Gasteiger partial charge in [0.15, 0.2) is 0 Å². The Morgan fingerprint density at radius 3 is 2.56 bits per heavy atom. The number of carbonyl (C=O) groups is 1. The second kappa shape index (κ2) is 6.21. The zero-order chi connectivity index (χ0) is 12.0. The van der Waals surface area contributed by atoms with Crippen LogP contribution in [0.3, 0.4) is 0 Å². The molecule has 0 aromatic heterocycles. The van der Waals surface area contributed by atoms with E-state index in [0.29, 0.717) is 12.5 Å². The van der Waals surface area contributed by atoms with Crippen molar-refractivity contribution >= 4 is 5.97 Å². The molecule has 1 rings (SSSR count). The predicted octanol–water partition coefficient (Wildman–Crippen LogP) is 1.47. The molecule has 0 spiro atoms. The highest BCUT2D eigenvalue weighted by atomic mass is 16.5. The van der Waals surface area contributed by atoms with Crippen molar-refractivity contribution < 1.29 is 14.3 Å². The molecule has 0 radical (unpaired) electrons. The molecule has 1 fully saturated rings. The van der Waals surface area contributed by atoms with Gasteiger partial charge in [-0.2, -0.15) is 0 Å². The minimum atomic E-state index is -1.02. The Morgan fingerprint density at radius 2 is 2.00 bits per heavy atom. The van der Waals surface area contributed by atoms with Gasteiger partial charge >= 0.3 is 5.97 Å². The van der Waals surface area contributed by atoms with Crippen molar-refractivity contribution in [3.63, 3.8) is 0 Å². The monoisotopic (exact) mass is 229 g/mol. The van der Waals surface area contributed by atoms with Crippen LogP contribution in [0.4, 0.5) is 0 Å². The maximum atomic E-state index is 11.3. The maximum absolute atomic E-state index is 11.3. The third kappa shape index (κ3) is 4.10. The third-order valence-corrected chi connectivity index (χ3v) is 3.13. The van der Waals surface area contributed by atoms with E-state index in [1.165, 1.54) is 39.2 Å². The first-order chi connectivity index (χ1) is 7.56. The zero-order valence-electron chi connectivity index (χ0n) is 10.3. The molecule has 4 nitrogen and oxygen atoms in total. The highest BCUT2D eigenvalue weighted by Crippen LogP contribution is 2.23. The fraction of sp³-hybridized carbons (Fsp3) is 0.917. The molecule has 0 aromatic carbocycles. The maximum Gasteiger partial charge on any atom is 0.327 e. The van der Waals surface area contributed by atoms with Crippen LogP contribution in [0.5, 0.6) is 0 Å². The summed E-state index contributed by atoms with van der Waals surface area (Å²) in [6, 6.07) is 0. The Balaban J connectivity index is 2.20. The highest BCUT2D eigenvalue weighted by molar-refractivity contribution is 5.80. The predicted molar refractivity (Wildman–Crippen MR) is 62.0 cm³/mol. The van der Waals surface area contributed by atoms with Gasteiger partial charge in [0, 0.05) is 6.61 Å². The molecule has 0 bridgehead atoms. The first kappa shape index (κ1) is 13.5. The van der Waals surface area contributed by atoms with E-state index < -0.39 is 11.5 Å². The lowest BCUT2D eigenvalue weighted by molar-refractivity contribution is -0.149. The van der Waals surface area contributed by atoms with E-state index in [-0.39, 0.29) is 6.61 Å². The smallest absolute Gasteiger partial charge is 0.327 e. The summed E-state index contributed by atoms with van der Waals surface area (Å²) in [7, 11) is 1.34. The molecule has 1 aliphatic rings. The van der Waals surface area contributed by atoms with Gasteiger partial charge in [-0.3, -0.25) is 0 Å². The number of ether oxygens (including phenoxy) is 2. The summed E-state index contributed by atoms with van der Waals surface area (Å²) in [6.07, 6.45) is 6.40. The summed E-state index contributed by atoms with van der Waals surface area (Å²) in [5.74, 6) is 0.221. The lowest BCUT2D eigenvalue weighted by Gasteiger charge is -2.25. The molecule has 1 atom stereocenters. The van der Waals surface area contributed by atoms with E-state index in [2.05, 4.69) is 4.74 Å². The molecule has 0 aliphatic heterocycles. The zero-order valence-corrected chi connectivity index (χ0v) is 10.3. The van der Waals surface area contributed by atoms with Gasteiger partial charge in [-0.1, -0.05) is 19.3 Å². The van der Waals surface area contributed by atoms with Crippen molar-refractivity contribution in [2.24, 2.45) is 11.7 Å². The summed E-state index contributed by atoms with van der Waals surface area (Å²) in [6.45, 7) is 2.58. The van der Waals surface area contributed by atoms with Crippen molar-refractivity contribution in [1.29, 1.82) is 0 Å². The number of hydrogen-bond acceptors (Lipinski definition) is 4. The Morgan fingerprint density at radius 1 is 1.38 bits per heavy atom. The van der Waals surface area contributed by atoms with Crippen LogP contribution in [0.15, 0.2) is 0 Å². The van der Waals surface area contributed by atoms with Gasteiger partial charge in [-0.15, -0.1) is 0 Å². The van der Waals surface area contributed by atoms with Gasteiger partial charge in [0.1, 0.15) is 5.54 Å². The number of hydrogen-bond donors (Lipinski definition) is 1. The second-order valence-electron chi connectivity index (χ2n) is 4.93. The first-order valence-corrected chi connectivity index (χ1v) is 6.01. The fourth-order valence-electron chi connectivity index (χ4n) is 2.08. The molecular weight excluding hydrogens is 206 g/mol. The fourth-order valence-corrected chi connectivity index (χ4v) is 2.08. The summed E-state index contributed by atoms with van der Waals surface area (Å²) in [4.78, 5) is 11.3. The first-order valence-electron chi connectivity index (χ1n) is 6.01. The number of rotatable bonds is 5. The van der Waals surface area contributed by atoms with Crippen LogP contribution >= 0.6 is 0 Å². The van der Waals surface area contributed by atoms with Crippen molar-refractivity contribution in [1.82, 2.24) is 0 Å². The van der Waals surface area contributed by atoms with E-state index in [9.17, 15) is 4.79 Å². The summed E-state index contributed by atoms with van der Waals surface area (Å²) in [5, 5.41) is 0. The van der Waals surface area contributed by atoms with Crippen molar-refractivity contribution in [3.8, 4) is 0 Å². The molecule has 0 aromatic rings. The van der Waals surface area contributed by atoms with Crippen molar-refractivity contribution in [2.45, 2.75) is 44.6 Å². The number of nitrogens with two attached hydrogens (primary N) is 1. The van der Waals surface area contributed by atoms with Crippen LogP contribution < -0.4 is 5.73 Å². The standard InChI is InChI=1S/C12H23NO3/c1-12(13,11(14)15-2)9-16-8-10-6-4-3-5-7-10/h10H,3-9,13H2,1-2H3. The molecule has 1 saturated carbocycles. The van der Waals surface area contributed by atoms with Gasteiger partial charge < -0.3 is 15.2 Å². The average Bonchev–Trinajstić information content (AvgIpc) is 2.29. The van der Waals surface area contributed by atoms with Crippen molar-refractivity contribution in [3.05, 3.63) is 0 Å². The van der Waals surface area contributed by atoms with E-state index in [4.69, 9.17) is 10.5 Å². The Kier molecular flexibility index (Phi) is 5.22. The molecule has 0 amide bonds. The summed E-state index contributed by atoms with van der Waals surface area (Å²) >= 11 is 0. The molecule has 1 unspecified atom stereocenters. The van der Waals surface area contributed by atoms with E-state index in [1.54, 1.807) is 6.92 Å².